The first kappa shape index (κ1) is 16.5. The van der Waals surface area contributed by atoms with Gasteiger partial charge in [0.15, 0.2) is 0 Å². The van der Waals surface area contributed by atoms with Gasteiger partial charge in [-0.25, -0.2) is 0 Å². The second-order valence-electron chi connectivity index (χ2n) is 5.42. The number of methoxy groups -OCH3 is 2. The quantitative estimate of drug-likeness (QED) is 0.641. The first-order valence-corrected chi connectivity index (χ1v) is 7.55. The highest BCUT2D eigenvalue weighted by Crippen LogP contribution is 2.25. The Morgan fingerprint density at radius 2 is 2.00 bits per heavy atom. The predicted molar refractivity (Wildman–Crippen MR) is 89.6 cm³/mol. The molecule has 0 spiro atoms. The molecule has 0 saturated carbocycles. The van der Waals surface area contributed by atoms with Gasteiger partial charge in [0.25, 0.3) is 0 Å². The first-order chi connectivity index (χ1) is 8.98. The van der Waals surface area contributed by atoms with E-state index in [2.05, 4.69) is 60.7 Å². The Kier molecular flexibility index (Phi) is 6.86. The van der Waals surface area contributed by atoms with Gasteiger partial charge < -0.3 is 9.47 Å². The zero-order chi connectivity index (χ0) is 14.3. The van der Waals surface area contributed by atoms with Crippen molar-refractivity contribution in [3.05, 3.63) is 33.4 Å². The van der Waals surface area contributed by atoms with Crippen LogP contribution in [0.5, 0.6) is 5.75 Å². The Morgan fingerprint density at radius 3 is 2.63 bits per heavy atom. The second-order valence-corrected chi connectivity index (χ2v) is 6.67. The molecule has 0 unspecified atom stereocenters. The Bertz CT molecular complexity index is 425. The molecule has 0 aliphatic rings. The van der Waals surface area contributed by atoms with E-state index in [1.807, 2.05) is 6.07 Å². The summed E-state index contributed by atoms with van der Waals surface area (Å²) in [5.74, 6) is 0.924. The SMILES string of the molecule is COCC(C)(C)CC/C=C/c1cc(I)ccc1OC. The molecular formula is C16H23IO2. The van der Waals surface area contributed by atoms with Crippen LogP contribution >= 0.6 is 22.6 Å². The van der Waals surface area contributed by atoms with Crippen molar-refractivity contribution in [2.75, 3.05) is 20.8 Å². The number of halogens is 1. The molecule has 1 aromatic rings. The third kappa shape index (κ3) is 5.95. The summed E-state index contributed by atoms with van der Waals surface area (Å²) < 4.78 is 11.8. The maximum Gasteiger partial charge on any atom is 0.126 e. The molecular weight excluding hydrogens is 351 g/mol. The van der Waals surface area contributed by atoms with Crippen molar-refractivity contribution >= 4 is 28.7 Å². The molecule has 0 amide bonds. The van der Waals surface area contributed by atoms with Crippen molar-refractivity contribution in [3.8, 4) is 5.75 Å². The third-order valence-electron chi connectivity index (χ3n) is 3.01. The summed E-state index contributed by atoms with van der Waals surface area (Å²) in [6.07, 6.45) is 6.52. The number of rotatable bonds is 7. The molecule has 0 fully saturated rings. The lowest BCUT2D eigenvalue weighted by Crippen LogP contribution is -2.17. The first-order valence-electron chi connectivity index (χ1n) is 6.47. The fourth-order valence-corrected chi connectivity index (χ4v) is 2.50. The van der Waals surface area contributed by atoms with Crippen LogP contribution in [0.3, 0.4) is 0 Å². The van der Waals surface area contributed by atoms with Crippen molar-refractivity contribution in [2.45, 2.75) is 26.7 Å². The van der Waals surface area contributed by atoms with Crippen molar-refractivity contribution in [3.63, 3.8) is 0 Å². The molecule has 0 saturated heterocycles. The molecule has 0 bridgehead atoms. The molecule has 0 aliphatic carbocycles. The van der Waals surface area contributed by atoms with Crippen LogP contribution in [0.25, 0.3) is 6.08 Å². The van der Waals surface area contributed by atoms with Crippen LogP contribution in [-0.2, 0) is 4.74 Å². The average Bonchev–Trinajstić information content (AvgIpc) is 2.35. The van der Waals surface area contributed by atoms with Crippen molar-refractivity contribution in [2.24, 2.45) is 5.41 Å². The molecule has 106 valence electrons. The summed E-state index contributed by atoms with van der Waals surface area (Å²) in [7, 11) is 3.47. The lowest BCUT2D eigenvalue weighted by atomic mass is 9.89. The van der Waals surface area contributed by atoms with E-state index in [1.165, 1.54) is 3.57 Å². The highest BCUT2D eigenvalue weighted by molar-refractivity contribution is 14.1. The van der Waals surface area contributed by atoms with Gasteiger partial charge >= 0.3 is 0 Å². The van der Waals surface area contributed by atoms with E-state index in [0.717, 1.165) is 30.8 Å². The van der Waals surface area contributed by atoms with E-state index >= 15 is 0 Å². The monoisotopic (exact) mass is 374 g/mol. The second kappa shape index (κ2) is 7.90. The number of ether oxygens (including phenoxy) is 2. The number of hydrogen-bond acceptors (Lipinski definition) is 2. The normalized spacial score (nSPS) is 12.1. The third-order valence-corrected chi connectivity index (χ3v) is 3.68. The Balaban J connectivity index is 2.60. The lowest BCUT2D eigenvalue weighted by Gasteiger charge is -2.22. The Morgan fingerprint density at radius 1 is 1.26 bits per heavy atom. The molecule has 1 aromatic carbocycles. The van der Waals surface area contributed by atoms with Gasteiger partial charge in [0.1, 0.15) is 5.75 Å². The molecule has 0 radical (unpaired) electrons. The van der Waals surface area contributed by atoms with Crippen LogP contribution in [0, 0.1) is 8.99 Å². The minimum atomic E-state index is 0.230. The van der Waals surface area contributed by atoms with Crippen molar-refractivity contribution < 1.29 is 9.47 Å². The fraction of sp³-hybridized carbons (Fsp3) is 0.500. The van der Waals surface area contributed by atoms with Gasteiger partial charge in [-0.15, -0.1) is 0 Å². The molecule has 2 nitrogen and oxygen atoms in total. The van der Waals surface area contributed by atoms with Crippen LogP contribution in [0.1, 0.15) is 32.3 Å². The van der Waals surface area contributed by atoms with E-state index < -0.39 is 0 Å². The molecule has 3 heteroatoms. The van der Waals surface area contributed by atoms with Crippen molar-refractivity contribution in [1.29, 1.82) is 0 Å². The zero-order valence-electron chi connectivity index (χ0n) is 12.2. The maximum atomic E-state index is 5.36. The van der Waals surface area contributed by atoms with E-state index in [9.17, 15) is 0 Å². The van der Waals surface area contributed by atoms with Gasteiger partial charge in [0, 0.05) is 16.2 Å². The summed E-state index contributed by atoms with van der Waals surface area (Å²) >= 11 is 2.32. The van der Waals surface area contributed by atoms with E-state index in [4.69, 9.17) is 9.47 Å². The van der Waals surface area contributed by atoms with Gasteiger partial charge in [0.05, 0.1) is 13.7 Å². The van der Waals surface area contributed by atoms with Crippen LogP contribution in [0.4, 0.5) is 0 Å². The summed E-state index contributed by atoms with van der Waals surface area (Å²) in [6, 6.07) is 6.20. The number of benzene rings is 1. The molecule has 19 heavy (non-hydrogen) atoms. The molecule has 0 heterocycles. The van der Waals surface area contributed by atoms with E-state index in [-0.39, 0.29) is 5.41 Å². The lowest BCUT2D eigenvalue weighted by molar-refractivity contribution is 0.0990. The summed E-state index contributed by atoms with van der Waals surface area (Å²) in [5, 5.41) is 0. The van der Waals surface area contributed by atoms with Crippen molar-refractivity contribution in [1.82, 2.24) is 0 Å². The topological polar surface area (TPSA) is 18.5 Å². The minimum absolute atomic E-state index is 0.230. The molecule has 1 rings (SSSR count). The predicted octanol–water partition coefficient (Wildman–Crippen LogP) is 4.77. The Labute approximate surface area is 130 Å². The highest BCUT2D eigenvalue weighted by atomic mass is 127. The van der Waals surface area contributed by atoms with Gasteiger partial charge in [-0.05, 0) is 59.0 Å². The molecule has 0 aromatic heterocycles. The fourth-order valence-electron chi connectivity index (χ4n) is 1.98. The standard InChI is InChI=1S/C16H23IO2/c1-16(2,12-18-3)10-6-5-7-13-11-14(17)8-9-15(13)19-4/h5,7-9,11H,6,10,12H2,1-4H3/b7-5+. The summed E-state index contributed by atoms with van der Waals surface area (Å²) in [6.45, 7) is 5.26. The summed E-state index contributed by atoms with van der Waals surface area (Å²) in [4.78, 5) is 0. The number of allylic oxidation sites excluding steroid dienone is 1. The molecule has 0 atom stereocenters. The number of hydrogen-bond donors (Lipinski definition) is 0. The molecule has 0 N–H and O–H groups in total. The zero-order valence-corrected chi connectivity index (χ0v) is 14.4. The van der Waals surface area contributed by atoms with E-state index in [1.54, 1.807) is 14.2 Å². The highest BCUT2D eigenvalue weighted by Gasteiger charge is 2.15. The molecule has 0 aliphatic heterocycles. The van der Waals surface area contributed by atoms with Gasteiger partial charge in [-0.1, -0.05) is 26.0 Å². The summed E-state index contributed by atoms with van der Waals surface area (Å²) in [5.41, 5.74) is 1.37. The van der Waals surface area contributed by atoms with Crippen LogP contribution < -0.4 is 4.74 Å². The minimum Gasteiger partial charge on any atom is -0.496 e. The van der Waals surface area contributed by atoms with Crippen LogP contribution in [0.15, 0.2) is 24.3 Å². The van der Waals surface area contributed by atoms with Gasteiger partial charge in [-0.2, -0.15) is 0 Å². The van der Waals surface area contributed by atoms with Crippen LogP contribution in [-0.4, -0.2) is 20.8 Å². The Hall–Kier alpha value is -0.550. The van der Waals surface area contributed by atoms with E-state index in [0.29, 0.717) is 0 Å². The van der Waals surface area contributed by atoms with Gasteiger partial charge in [-0.3, -0.25) is 0 Å². The van der Waals surface area contributed by atoms with Gasteiger partial charge in [0.2, 0.25) is 0 Å². The van der Waals surface area contributed by atoms with Crippen LogP contribution in [0.2, 0.25) is 0 Å². The average molecular weight is 374 g/mol. The smallest absolute Gasteiger partial charge is 0.126 e. The maximum absolute atomic E-state index is 5.36. The largest absolute Gasteiger partial charge is 0.496 e.